The lowest BCUT2D eigenvalue weighted by molar-refractivity contribution is -0.146. The second-order valence-corrected chi connectivity index (χ2v) is 8.12. The summed E-state index contributed by atoms with van der Waals surface area (Å²) in [5.74, 6) is 2.35. The van der Waals surface area contributed by atoms with Gasteiger partial charge in [0.2, 0.25) is 0 Å². The van der Waals surface area contributed by atoms with E-state index in [1.54, 1.807) is 24.3 Å². The van der Waals surface area contributed by atoms with Crippen LogP contribution in [-0.2, 0) is 16.0 Å². The normalized spacial score (nSPS) is 33.4. The minimum atomic E-state index is -0.847. The fourth-order valence-electron chi connectivity index (χ4n) is 5.63. The van der Waals surface area contributed by atoms with Crippen molar-refractivity contribution in [3.05, 3.63) is 29.8 Å². The fourth-order valence-corrected chi connectivity index (χ4v) is 5.63. The quantitative estimate of drug-likeness (QED) is 0.868. The predicted octanol–water partition coefficient (Wildman–Crippen LogP) is 3.48. The molecule has 1 N–H and O–H groups in total. The van der Waals surface area contributed by atoms with Gasteiger partial charge in [0.25, 0.3) is 0 Å². The van der Waals surface area contributed by atoms with Gasteiger partial charge in [-0.1, -0.05) is 12.1 Å². The largest absolute Gasteiger partial charge is 0.486 e. The lowest BCUT2D eigenvalue weighted by Gasteiger charge is -2.55. The molecule has 4 aliphatic carbocycles. The lowest BCUT2D eigenvalue weighted by Crippen LogP contribution is -2.51. The molecule has 0 aliphatic heterocycles. The third-order valence-electron chi connectivity index (χ3n) is 6.28. The van der Waals surface area contributed by atoms with Gasteiger partial charge >= 0.3 is 5.97 Å². The van der Waals surface area contributed by atoms with Crippen LogP contribution in [0.5, 0.6) is 5.75 Å². The zero-order valence-corrected chi connectivity index (χ0v) is 13.9. The molecule has 0 spiro atoms. The lowest BCUT2D eigenvalue weighted by atomic mass is 9.48. The van der Waals surface area contributed by atoms with Gasteiger partial charge in [-0.3, -0.25) is 9.59 Å². The Morgan fingerprint density at radius 1 is 1.00 bits per heavy atom. The number of Topliss-reactive ketones (excluding diaryl/α,β-unsaturated/α-hetero) is 1. The maximum Gasteiger partial charge on any atom is 0.307 e. The van der Waals surface area contributed by atoms with Crippen LogP contribution in [-0.4, -0.2) is 23.5 Å². The van der Waals surface area contributed by atoms with Gasteiger partial charge in [-0.05, 0) is 74.0 Å². The number of rotatable bonds is 6. The van der Waals surface area contributed by atoms with Crippen LogP contribution in [0.2, 0.25) is 0 Å². The van der Waals surface area contributed by atoms with E-state index in [2.05, 4.69) is 0 Å². The standard InChI is InChI=1S/C20H24O4/c21-18(12-24-17-3-1-13(2-4-17)8-19(22)23)20-9-14-5-15(10-20)7-16(6-14)11-20/h1-4,14-16H,5-12H2,(H,22,23). The molecule has 0 atom stereocenters. The molecule has 4 bridgehead atoms. The van der Waals surface area contributed by atoms with Crippen molar-refractivity contribution in [2.75, 3.05) is 6.61 Å². The summed E-state index contributed by atoms with van der Waals surface area (Å²) in [5, 5.41) is 8.79. The molecule has 1 aromatic carbocycles. The zero-order chi connectivity index (χ0) is 16.7. The van der Waals surface area contributed by atoms with Gasteiger partial charge in [0.05, 0.1) is 6.42 Å². The monoisotopic (exact) mass is 328 g/mol. The summed E-state index contributed by atoms with van der Waals surface area (Å²) >= 11 is 0. The van der Waals surface area contributed by atoms with Gasteiger partial charge in [-0.15, -0.1) is 0 Å². The Morgan fingerprint density at radius 2 is 1.54 bits per heavy atom. The van der Waals surface area contributed by atoms with E-state index in [0.717, 1.165) is 42.6 Å². The second kappa shape index (κ2) is 5.91. The minimum Gasteiger partial charge on any atom is -0.486 e. The highest BCUT2D eigenvalue weighted by Crippen LogP contribution is 2.60. The average molecular weight is 328 g/mol. The number of ketones is 1. The molecule has 0 saturated heterocycles. The Labute approximate surface area is 142 Å². The number of aliphatic carboxylic acids is 1. The Kier molecular flexibility index (Phi) is 3.86. The van der Waals surface area contributed by atoms with Crippen LogP contribution in [0.3, 0.4) is 0 Å². The number of benzene rings is 1. The summed E-state index contributed by atoms with van der Waals surface area (Å²) < 4.78 is 5.72. The molecule has 0 heterocycles. The Bertz CT molecular complexity index is 611. The van der Waals surface area contributed by atoms with Crippen LogP contribution >= 0.6 is 0 Å². The molecule has 0 amide bonds. The van der Waals surface area contributed by atoms with Gasteiger partial charge in [-0.25, -0.2) is 0 Å². The maximum absolute atomic E-state index is 12.9. The topological polar surface area (TPSA) is 63.6 Å². The average Bonchev–Trinajstić information content (AvgIpc) is 2.52. The number of carboxylic acids is 1. The van der Waals surface area contributed by atoms with Crippen molar-refractivity contribution in [3.63, 3.8) is 0 Å². The van der Waals surface area contributed by atoms with Crippen molar-refractivity contribution in [2.24, 2.45) is 23.2 Å². The Hall–Kier alpha value is -1.84. The molecule has 5 rings (SSSR count). The van der Waals surface area contributed by atoms with E-state index in [9.17, 15) is 9.59 Å². The van der Waals surface area contributed by atoms with E-state index in [-0.39, 0.29) is 24.2 Å². The van der Waals surface area contributed by atoms with Gasteiger partial charge in [0.15, 0.2) is 5.78 Å². The minimum absolute atomic E-state index is 0.00644. The number of ether oxygens (including phenoxy) is 1. The molecule has 4 heteroatoms. The molecule has 1 aromatic rings. The van der Waals surface area contributed by atoms with E-state index in [1.807, 2.05) is 0 Å². The summed E-state index contributed by atoms with van der Waals surface area (Å²) in [4.78, 5) is 23.6. The zero-order valence-electron chi connectivity index (χ0n) is 13.9. The van der Waals surface area contributed by atoms with Gasteiger partial charge in [0.1, 0.15) is 12.4 Å². The van der Waals surface area contributed by atoms with Crippen molar-refractivity contribution in [1.29, 1.82) is 0 Å². The van der Waals surface area contributed by atoms with E-state index in [1.165, 1.54) is 19.3 Å². The summed E-state index contributed by atoms with van der Waals surface area (Å²) in [7, 11) is 0. The molecule has 0 radical (unpaired) electrons. The van der Waals surface area contributed by atoms with Crippen LogP contribution < -0.4 is 4.74 Å². The highest BCUT2D eigenvalue weighted by molar-refractivity contribution is 5.86. The van der Waals surface area contributed by atoms with E-state index < -0.39 is 5.97 Å². The number of carbonyl (C=O) groups is 2. The first kappa shape index (κ1) is 15.7. The number of carbonyl (C=O) groups excluding carboxylic acids is 1. The highest BCUT2D eigenvalue weighted by Gasteiger charge is 2.54. The maximum atomic E-state index is 12.9. The number of hydrogen-bond donors (Lipinski definition) is 1. The molecule has 0 aromatic heterocycles. The summed E-state index contributed by atoms with van der Waals surface area (Å²) in [6.45, 7) is 0.143. The fraction of sp³-hybridized carbons (Fsp3) is 0.600. The molecular weight excluding hydrogens is 304 g/mol. The summed E-state index contributed by atoms with van der Waals surface area (Å²) in [6.07, 6.45) is 7.21. The Morgan fingerprint density at radius 3 is 2.04 bits per heavy atom. The van der Waals surface area contributed by atoms with Gasteiger partial charge in [-0.2, -0.15) is 0 Å². The molecule has 0 unspecified atom stereocenters. The van der Waals surface area contributed by atoms with Crippen LogP contribution in [0.4, 0.5) is 0 Å². The molecular formula is C20H24O4. The highest BCUT2D eigenvalue weighted by atomic mass is 16.5. The smallest absolute Gasteiger partial charge is 0.307 e. The van der Waals surface area contributed by atoms with Crippen molar-refractivity contribution in [2.45, 2.75) is 44.9 Å². The van der Waals surface area contributed by atoms with Crippen LogP contribution in [0.25, 0.3) is 0 Å². The van der Waals surface area contributed by atoms with Crippen molar-refractivity contribution in [1.82, 2.24) is 0 Å². The van der Waals surface area contributed by atoms with E-state index in [0.29, 0.717) is 5.75 Å². The first-order valence-corrected chi connectivity index (χ1v) is 8.99. The molecule has 24 heavy (non-hydrogen) atoms. The number of hydrogen-bond acceptors (Lipinski definition) is 3. The third kappa shape index (κ3) is 2.94. The number of carboxylic acid groups (broad SMARTS) is 1. The molecule has 4 nitrogen and oxygen atoms in total. The summed E-state index contributed by atoms with van der Waals surface area (Å²) in [5.41, 5.74) is 0.625. The summed E-state index contributed by atoms with van der Waals surface area (Å²) in [6, 6.07) is 7.01. The SMILES string of the molecule is O=C(O)Cc1ccc(OCC(=O)C23CC4CC(CC(C4)C2)C3)cc1. The van der Waals surface area contributed by atoms with Gasteiger partial charge in [0, 0.05) is 5.41 Å². The van der Waals surface area contributed by atoms with E-state index >= 15 is 0 Å². The van der Waals surface area contributed by atoms with Crippen molar-refractivity contribution >= 4 is 11.8 Å². The third-order valence-corrected chi connectivity index (χ3v) is 6.28. The second-order valence-electron chi connectivity index (χ2n) is 8.12. The predicted molar refractivity (Wildman–Crippen MR) is 88.9 cm³/mol. The van der Waals surface area contributed by atoms with Gasteiger partial charge < -0.3 is 9.84 Å². The first-order valence-electron chi connectivity index (χ1n) is 8.99. The molecule has 4 saturated carbocycles. The molecule has 4 aliphatic rings. The molecule has 4 fully saturated rings. The molecule has 128 valence electrons. The van der Waals surface area contributed by atoms with E-state index in [4.69, 9.17) is 9.84 Å². The van der Waals surface area contributed by atoms with Crippen LogP contribution in [0.1, 0.15) is 44.1 Å². The van der Waals surface area contributed by atoms with Crippen molar-refractivity contribution in [3.8, 4) is 5.75 Å². The first-order chi connectivity index (χ1) is 11.5. The van der Waals surface area contributed by atoms with Crippen molar-refractivity contribution < 1.29 is 19.4 Å². The van der Waals surface area contributed by atoms with Crippen LogP contribution in [0.15, 0.2) is 24.3 Å². The Balaban J connectivity index is 1.37. The van der Waals surface area contributed by atoms with Crippen LogP contribution in [0, 0.1) is 23.2 Å².